The lowest BCUT2D eigenvalue weighted by Crippen LogP contribution is -2.54. The molecule has 1 aromatic heterocycles. The fraction of sp³-hybridized carbons (Fsp3) is 0.474. The molecule has 1 amide bonds. The van der Waals surface area contributed by atoms with Crippen LogP contribution in [0, 0.1) is 0 Å². The van der Waals surface area contributed by atoms with E-state index in [4.69, 9.17) is 0 Å². The lowest BCUT2D eigenvalue weighted by atomic mass is 10.0. The molecule has 4 rings (SSSR count). The van der Waals surface area contributed by atoms with E-state index in [1.54, 1.807) is 15.8 Å². The molecule has 9 heteroatoms. The molecule has 1 fully saturated rings. The number of rotatable bonds is 3. The number of aryl methyl sites for hydroxylation is 1. The first-order chi connectivity index (χ1) is 13.4. The highest BCUT2D eigenvalue weighted by Crippen LogP contribution is 2.32. The summed E-state index contributed by atoms with van der Waals surface area (Å²) in [6.07, 6.45) is 3.35. The van der Waals surface area contributed by atoms with Gasteiger partial charge in [-0.25, -0.2) is 13.4 Å². The second-order valence-corrected chi connectivity index (χ2v) is 9.30. The first-order valence-electron chi connectivity index (χ1n) is 9.42. The highest BCUT2D eigenvalue weighted by molar-refractivity contribution is 7.88. The summed E-state index contributed by atoms with van der Waals surface area (Å²) in [5.41, 5.74) is 2.63. The van der Waals surface area contributed by atoms with Gasteiger partial charge in [-0.3, -0.25) is 4.79 Å². The number of hydrogen-bond donors (Lipinski definition) is 0. The van der Waals surface area contributed by atoms with Crippen molar-refractivity contribution in [3.8, 4) is 0 Å². The molecule has 150 valence electrons. The number of fused-ring (bicyclic) bond motifs is 1. The summed E-state index contributed by atoms with van der Waals surface area (Å²) in [5.74, 6) is -0.164. The third kappa shape index (κ3) is 3.40. The average molecular weight is 404 g/mol. The van der Waals surface area contributed by atoms with Crippen molar-refractivity contribution in [2.24, 2.45) is 7.05 Å². The molecule has 2 aliphatic rings. The van der Waals surface area contributed by atoms with Crippen LogP contribution in [0.3, 0.4) is 0 Å². The van der Waals surface area contributed by atoms with Crippen molar-refractivity contribution in [2.45, 2.75) is 12.5 Å². The van der Waals surface area contributed by atoms with E-state index < -0.39 is 16.1 Å². The van der Waals surface area contributed by atoms with Crippen LogP contribution < -0.4 is 4.90 Å². The van der Waals surface area contributed by atoms with E-state index in [0.717, 1.165) is 24.5 Å². The van der Waals surface area contributed by atoms with E-state index >= 15 is 0 Å². The van der Waals surface area contributed by atoms with Gasteiger partial charge < -0.3 is 14.4 Å². The number of hydrogen-bond acceptors (Lipinski definition) is 5. The average Bonchev–Trinajstić information content (AvgIpc) is 3.08. The van der Waals surface area contributed by atoms with Gasteiger partial charge in [-0.15, -0.1) is 0 Å². The summed E-state index contributed by atoms with van der Waals surface area (Å²) in [4.78, 5) is 21.8. The van der Waals surface area contributed by atoms with E-state index in [-0.39, 0.29) is 12.5 Å². The van der Waals surface area contributed by atoms with Crippen molar-refractivity contribution in [3.05, 3.63) is 48.0 Å². The molecule has 2 aromatic rings. The zero-order valence-electron chi connectivity index (χ0n) is 16.2. The standard InChI is InChI=1S/C19H25N5O3S/c1-21-14-20-16-8-9-24(28(2,26)27)18(17(16)21)19(25)23-12-10-22(11-13-23)15-6-4-3-5-7-15/h3-7,14,18H,8-13H2,1-2H3. The predicted molar refractivity (Wildman–Crippen MR) is 106 cm³/mol. The van der Waals surface area contributed by atoms with Crippen molar-refractivity contribution in [1.82, 2.24) is 18.8 Å². The lowest BCUT2D eigenvalue weighted by molar-refractivity contribution is -0.136. The topological polar surface area (TPSA) is 78.8 Å². The van der Waals surface area contributed by atoms with Crippen LogP contribution >= 0.6 is 0 Å². The van der Waals surface area contributed by atoms with Gasteiger partial charge >= 0.3 is 0 Å². The summed E-state index contributed by atoms with van der Waals surface area (Å²) in [6, 6.07) is 9.27. The van der Waals surface area contributed by atoms with Crippen molar-refractivity contribution < 1.29 is 13.2 Å². The van der Waals surface area contributed by atoms with Gasteiger partial charge in [0.05, 0.1) is 24.0 Å². The minimum Gasteiger partial charge on any atom is -0.368 e. The minimum absolute atomic E-state index is 0.164. The molecule has 1 atom stereocenters. The van der Waals surface area contributed by atoms with Crippen LogP contribution in [0.25, 0.3) is 0 Å². The smallest absolute Gasteiger partial charge is 0.247 e. The van der Waals surface area contributed by atoms with Crippen molar-refractivity contribution >= 4 is 21.6 Å². The third-order valence-corrected chi connectivity index (χ3v) is 6.80. The summed E-state index contributed by atoms with van der Waals surface area (Å²) in [7, 11) is -1.70. The summed E-state index contributed by atoms with van der Waals surface area (Å²) < 4.78 is 27.9. The fourth-order valence-corrected chi connectivity index (χ4v) is 5.10. The first kappa shape index (κ1) is 18.9. The van der Waals surface area contributed by atoms with Gasteiger partial charge in [0, 0.05) is 51.9 Å². The number of carbonyl (C=O) groups excluding carboxylic acids is 1. The van der Waals surface area contributed by atoms with Gasteiger partial charge in [0.1, 0.15) is 6.04 Å². The second kappa shape index (κ2) is 7.21. The van der Waals surface area contributed by atoms with Crippen LogP contribution in [-0.4, -0.2) is 72.1 Å². The quantitative estimate of drug-likeness (QED) is 0.751. The normalized spacial score (nSPS) is 20.9. The summed E-state index contributed by atoms with van der Waals surface area (Å²) >= 11 is 0. The Kier molecular flexibility index (Phi) is 4.88. The highest BCUT2D eigenvalue weighted by Gasteiger charge is 2.42. The SMILES string of the molecule is Cn1cnc2c1C(C(=O)N1CCN(c3ccccc3)CC1)N(S(C)(=O)=O)CC2. The number of sulfonamides is 1. The maximum Gasteiger partial charge on any atom is 0.247 e. The molecule has 0 bridgehead atoms. The molecule has 0 saturated carbocycles. The Hall–Kier alpha value is -2.39. The number of anilines is 1. The Labute approximate surface area is 165 Å². The molecule has 8 nitrogen and oxygen atoms in total. The first-order valence-corrected chi connectivity index (χ1v) is 11.3. The zero-order valence-corrected chi connectivity index (χ0v) is 17.0. The molecule has 1 unspecified atom stereocenters. The van der Waals surface area contributed by atoms with Crippen LogP contribution in [-0.2, 0) is 28.3 Å². The Morgan fingerprint density at radius 2 is 1.75 bits per heavy atom. The Balaban J connectivity index is 1.57. The number of nitrogens with zero attached hydrogens (tertiary/aromatic N) is 5. The number of amides is 1. The molecular weight excluding hydrogens is 378 g/mol. The number of piperazine rings is 1. The Morgan fingerprint density at radius 1 is 1.07 bits per heavy atom. The molecule has 0 aliphatic carbocycles. The van der Waals surface area contributed by atoms with Crippen LogP contribution in [0.5, 0.6) is 0 Å². The highest BCUT2D eigenvalue weighted by atomic mass is 32.2. The van der Waals surface area contributed by atoms with Crippen molar-refractivity contribution in [2.75, 3.05) is 43.9 Å². The maximum atomic E-state index is 13.4. The number of para-hydroxylation sites is 1. The Morgan fingerprint density at radius 3 is 2.39 bits per heavy atom. The maximum absolute atomic E-state index is 13.4. The van der Waals surface area contributed by atoms with Crippen LogP contribution in [0.2, 0.25) is 0 Å². The van der Waals surface area contributed by atoms with Gasteiger partial charge in [0.2, 0.25) is 15.9 Å². The largest absolute Gasteiger partial charge is 0.368 e. The van der Waals surface area contributed by atoms with E-state index in [2.05, 4.69) is 22.0 Å². The lowest BCUT2D eigenvalue weighted by Gasteiger charge is -2.40. The minimum atomic E-state index is -3.52. The van der Waals surface area contributed by atoms with Gasteiger partial charge in [-0.1, -0.05) is 18.2 Å². The molecule has 2 aliphatic heterocycles. The van der Waals surface area contributed by atoms with E-state index in [9.17, 15) is 13.2 Å². The third-order valence-electron chi connectivity index (χ3n) is 5.55. The van der Waals surface area contributed by atoms with E-state index in [1.165, 1.54) is 10.6 Å². The molecule has 3 heterocycles. The summed E-state index contributed by atoms with van der Waals surface area (Å²) in [5, 5.41) is 0. The molecule has 0 spiro atoms. The van der Waals surface area contributed by atoms with Crippen LogP contribution in [0.4, 0.5) is 5.69 Å². The number of benzene rings is 1. The van der Waals surface area contributed by atoms with E-state index in [1.807, 2.05) is 25.2 Å². The number of carbonyl (C=O) groups is 1. The monoisotopic (exact) mass is 403 g/mol. The zero-order chi connectivity index (χ0) is 19.9. The molecule has 0 N–H and O–H groups in total. The van der Waals surface area contributed by atoms with Gasteiger partial charge in [0.15, 0.2) is 0 Å². The van der Waals surface area contributed by atoms with Crippen LogP contribution in [0.1, 0.15) is 17.4 Å². The van der Waals surface area contributed by atoms with Gasteiger partial charge in [0.25, 0.3) is 0 Å². The summed E-state index contributed by atoms with van der Waals surface area (Å²) in [6.45, 7) is 2.85. The fourth-order valence-electron chi connectivity index (χ4n) is 4.11. The van der Waals surface area contributed by atoms with Crippen LogP contribution in [0.15, 0.2) is 36.7 Å². The molecule has 28 heavy (non-hydrogen) atoms. The number of imidazole rings is 1. The molecule has 1 aromatic carbocycles. The molecule has 0 radical (unpaired) electrons. The molecule has 1 saturated heterocycles. The van der Waals surface area contributed by atoms with Crippen molar-refractivity contribution in [1.29, 1.82) is 0 Å². The van der Waals surface area contributed by atoms with E-state index in [0.29, 0.717) is 25.2 Å². The molecular formula is C19H25N5O3S. The Bertz CT molecular complexity index is 965. The number of aromatic nitrogens is 2. The predicted octanol–water partition coefficient (Wildman–Crippen LogP) is 0.628. The second-order valence-electron chi connectivity index (χ2n) is 7.36. The van der Waals surface area contributed by atoms with Crippen molar-refractivity contribution in [3.63, 3.8) is 0 Å². The van der Waals surface area contributed by atoms with Gasteiger partial charge in [-0.05, 0) is 12.1 Å². The van der Waals surface area contributed by atoms with Gasteiger partial charge in [-0.2, -0.15) is 4.31 Å².